The van der Waals surface area contributed by atoms with E-state index in [1.807, 2.05) is 0 Å². The smallest absolute Gasteiger partial charge is 0.257 e. The Labute approximate surface area is 192 Å². The lowest BCUT2D eigenvalue weighted by Gasteiger charge is -2.26. The van der Waals surface area contributed by atoms with Gasteiger partial charge >= 0.3 is 0 Å². The number of ether oxygens (including phenoxy) is 1. The number of piperidine rings is 1. The fourth-order valence-corrected chi connectivity index (χ4v) is 5.43. The Kier molecular flexibility index (Phi) is 8.25. The van der Waals surface area contributed by atoms with Gasteiger partial charge in [-0.1, -0.05) is 30.2 Å². The molecule has 0 bridgehead atoms. The van der Waals surface area contributed by atoms with Crippen LogP contribution < -0.4 is 10.6 Å². The third-order valence-electron chi connectivity index (χ3n) is 5.13. The second kappa shape index (κ2) is 10.9. The molecule has 0 aliphatic carbocycles. The molecule has 10 heteroatoms. The quantitative estimate of drug-likeness (QED) is 0.566. The average Bonchev–Trinajstić information content (AvgIpc) is 2.80. The molecule has 1 heterocycles. The number of amides is 2. The van der Waals surface area contributed by atoms with Crippen LogP contribution in [0.3, 0.4) is 0 Å². The van der Waals surface area contributed by atoms with Crippen LogP contribution in [0.1, 0.15) is 40.0 Å². The molecule has 0 saturated carbocycles. The topological polar surface area (TPSA) is 105 Å². The third kappa shape index (κ3) is 5.66. The van der Waals surface area contributed by atoms with E-state index in [2.05, 4.69) is 10.6 Å². The molecule has 0 unspecified atom stereocenters. The number of methoxy groups -OCH3 is 1. The summed E-state index contributed by atoms with van der Waals surface area (Å²) in [6.07, 6.45) is 2.60. The van der Waals surface area contributed by atoms with E-state index in [4.69, 9.17) is 16.3 Å². The first kappa shape index (κ1) is 24.2. The Bertz CT molecular complexity index is 1080. The van der Waals surface area contributed by atoms with Crippen molar-refractivity contribution >= 4 is 39.1 Å². The minimum absolute atomic E-state index is 0.0281. The van der Waals surface area contributed by atoms with Crippen molar-refractivity contribution in [2.75, 3.05) is 38.7 Å². The number of hydrogen-bond donors (Lipinski definition) is 2. The molecule has 1 aliphatic rings. The Balaban J connectivity index is 1.78. The summed E-state index contributed by atoms with van der Waals surface area (Å²) in [5.41, 5.74) is 0.656. The van der Waals surface area contributed by atoms with Crippen molar-refractivity contribution in [1.82, 2.24) is 9.62 Å². The van der Waals surface area contributed by atoms with Gasteiger partial charge in [0.25, 0.3) is 11.8 Å². The van der Waals surface area contributed by atoms with Crippen molar-refractivity contribution in [3.8, 4) is 0 Å². The maximum atomic E-state index is 13.1. The molecule has 172 valence electrons. The van der Waals surface area contributed by atoms with Crippen LogP contribution in [0.4, 0.5) is 5.69 Å². The molecule has 0 aromatic heterocycles. The average molecular weight is 480 g/mol. The molecule has 1 fully saturated rings. The van der Waals surface area contributed by atoms with Gasteiger partial charge in [-0.15, -0.1) is 0 Å². The number of hydrogen-bond acceptors (Lipinski definition) is 5. The van der Waals surface area contributed by atoms with E-state index < -0.39 is 15.9 Å². The zero-order valence-electron chi connectivity index (χ0n) is 17.8. The van der Waals surface area contributed by atoms with Gasteiger partial charge in [0.15, 0.2) is 0 Å². The summed E-state index contributed by atoms with van der Waals surface area (Å²) < 4.78 is 32.6. The number of carbonyl (C=O) groups is 2. The fraction of sp³-hybridized carbons (Fsp3) is 0.364. The molecule has 8 nitrogen and oxygen atoms in total. The van der Waals surface area contributed by atoms with E-state index in [9.17, 15) is 18.0 Å². The Morgan fingerprint density at radius 3 is 2.44 bits per heavy atom. The molecule has 1 aliphatic heterocycles. The number of carbonyl (C=O) groups excluding carboxylic acids is 2. The minimum Gasteiger partial charge on any atom is -0.383 e. The zero-order chi connectivity index (χ0) is 23.1. The Morgan fingerprint density at radius 2 is 1.75 bits per heavy atom. The SMILES string of the molecule is COCCNC(=O)c1ccc(NC(=O)c2ccccc2S(=O)(=O)N2CCCCC2)cc1Cl. The maximum Gasteiger partial charge on any atom is 0.257 e. The van der Waals surface area contributed by atoms with Crippen molar-refractivity contribution in [1.29, 1.82) is 0 Å². The summed E-state index contributed by atoms with van der Waals surface area (Å²) in [6, 6.07) is 10.6. The fourth-order valence-electron chi connectivity index (χ4n) is 3.46. The summed E-state index contributed by atoms with van der Waals surface area (Å²) in [4.78, 5) is 25.1. The molecular formula is C22H26ClN3O5S. The number of anilines is 1. The van der Waals surface area contributed by atoms with Gasteiger partial charge in [-0.3, -0.25) is 9.59 Å². The maximum absolute atomic E-state index is 13.1. The lowest BCUT2D eigenvalue weighted by atomic mass is 10.1. The first-order valence-corrected chi connectivity index (χ1v) is 12.1. The third-order valence-corrected chi connectivity index (χ3v) is 7.40. The van der Waals surface area contributed by atoms with Gasteiger partial charge in [-0.2, -0.15) is 4.31 Å². The molecule has 0 spiro atoms. The summed E-state index contributed by atoms with van der Waals surface area (Å²) in [5, 5.41) is 5.51. The van der Waals surface area contributed by atoms with Gasteiger partial charge in [0.1, 0.15) is 0 Å². The van der Waals surface area contributed by atoms with E-state index in [0.717, 1.165) is 19.3 Å². The molecular weight excluding hydrogens is 454 g/mol. The number of rotatable bonds is 8. The zero-order valence-corrected chi connectivity index (χ0v) is 19.3. The van der Waals surface area contributed by atoms with Gasteiger partial charge in [0.05, 0.1) is 27.7 Å². The van der Waals surface area contributed by atoms with Gasteiger partial charge in [-0.25, -0.2) is 8.42 Å². The largest absolute Gasteiger partial charge is 0.383 e. The van der Waals surface area contributed by atoms with Gasteiger partial charge < -0.3 is 15.4 Å². The summed E-state index contributed by atoms with van der Waals surface area (Å²) in [7, 11) is -2.25. The van der Waals surface area contributed by atoms with Crippen LogP contribution in [0.25, 0.3) is 0 Å². The molecule has 0 atom stereocenters. The second-order valence-corrected chi connectivity index (χ2v) is 9.67. The minimum atomic E-state index is -3.78. The van der Waals surface area contributed by atoms with Gasteiger partial charge in [0, 0.05) is 32.4 Å². The highest BCUT2D eigenvalue weighted by atomic mass is 35.5. The number of halogens is 1. The molecule has 0 radical (unpaired) electrons. The van der Waals surface area contributed by atoms with Crippen LogP contribution in [0.2, 0.25) is 5.02 Å². The molecule has 1 saturated heterocycles. The van der Waals surface area contributed by atoms with E-state index in [-0.39, 0.29) is 27.0 Å². The van der Waals surface area contributed by atoms with Crippen molar-refractivity contribution in [3.05, 3.63) is 58.6 Å². The lowest BCUT2D eigenvalue weighted by Crippen LogP contribution is -2.36. The monoisotopic (exact) mass is 479 g/mol. The first-order valence-electron chi connectivity index (χ1n) is 10.3. The van der Waals surface area contributed by atoms with Crippen LogP contribution in [0.15, 0.2) is 47.4 Å². The lowest BCUT2D eigenvalue weighted by molar-refractivity contribution is 0.0936. The Hall–Kier alpha value is -2.46. The Morgan fingerprint density at radius 1 is 1.03 bits per heavy atom. The predicted molar refractivity (Wildman–Crippen MR) is 123 cm³/mol. The second-order valence-electron chi connectivity index (χ2n) is 7.36. The number of nitrogens with one attached hydrogen (secondary N) is 2. The molecule has 2 amide bonds. The normalized spacial score (nSPS) is 14.7. The standard InChI is InChI=1S/C22H26ClN3O5S/c1-31-14-11-24-21(27)17-10-9-16(15-19(17)23)25-22(28)18-7-3-4-8-20(18)32(29,30)26-12-5-2-6-13-26/h3-4,7-10,15H,2,5-6,11-14H2,1H3,(H,24,27)(H,25,28). The molecule has 2 N–H and O–H groups in total. The summed E-state index contributed by atoms with van der Waals surface area (Å²) >= 11 is 6.23. The first-order chi connectivity index (χ1) is 15.3. The number of benzene rings is 2. The molecule has 2 aromatic carbocycles. The number of sulfonamides is 1. The van der Waals surface area contributed by atoms with Crippen LogP contribution in [0, 0.1) is 0 Å². The highest BCUT2D eigenvalue weighted by molar-refractivity contribution is 7.89. The summed E-state index contributed by atoms with van der Waals surface area (Å²) in [5.74, 6) is -0.933. The molecule has 32 heavy (non-hydrogen) atoms. The number of nitrogens with zero attached hydrogens (tertiary/aromatic N) is 1. The van der Waals surface area contributed by atoms with Crippen molar-refractivity contribution in [3.63, 3.8) is 0 Å². The van der Waals surface area contributed by atoms with Crippen LogP contribution in [-0.4, -0.2) is 57.9 Å². The van der Waals surface area contributed by atoms with Crippen molar-refractivity contribution < 1.29 is 22.7 Å². The van der Waals surface area contributed by atoms with E-state index in [0.29, 0.717) is 31.9 Å². The van der Waals surface area contributed by atoms with Crippen molar-refractivity contribution in [2.24, 2.45) is 0 Å². The molecule has 3 rings (SSSR count). The highest BCUT2D eigenvalue weighted by Crippen LogP contribution is 2.26. The molecule has 2 aromatic rings. The predicted octanol–water partition coefficient (Wildman–Crippen LogP) is 3.14. The van der Waals surface area contributed by atoms with E-state index in [1.165, 1.54) is 41.7 Å². The van der Waals surface area contributed by atoms with Crippen LogP contribution in [0.5, 0.6) is 0 Å². The van der Waals surface area contributed by atoms with Crippen LogP contribution >= 0.6 is 11.6 Å². The van der Waals surface area contributed by atoms with Crippen molar-refractivity contribution in [2.45, 2.75) is 24.2 Å². The van der Waals surface area contributed by atoms with Gasteiger partial charge in [-0.05, 0) is 43.2 Å². The highest BCUT2D eigenvalue weighted by Gasteiger charge is 2.29. The van der Waals surface area contributed by atoms with E-state index in [1.54, 1.807) is 12.1 Å². The van der Waals surface area contributed by atoms with Crippen LogP contribution in [-0.2, 0) is 14.8 Å². The summed E-state index contributed by atoms with van der Waals surface area (Å²) in [6.45, 7) is 1.60. The van der Waals surface area contributed by atoms with Gasteiger partial charge in [0.2, 0.25) is 10.0 Å². The van der Waals surface area contributed by atoms with E-state index >= 15 is 0 Å².